The summed E-state index contributed by atoms with van der Waals surface area (Å²) in [6.07, 6.45) is 7.87. The Morgan fingerprint density at radius 1 is 1.30 bits per heavy atom. The highest BCUT2D eigenvalue weighted by atomic mass is 32.2. The molecule has 0 atom stereocenters. The SMILES string of the molecule is CSc1ccc(Cc2c(C(C)C)n(C/C(F)=C/CN)c3cccnc23)cn1. The van der Waals surface area contributed by atoms with Crippen LogP contribution in [0.1, 0.15) is 36.6 Å². The summed E-state index contributed by atoms with van der Waals surface area (Å²) < 4.78 is 16.3. The molecule has 3 aromatic rings. The van der Waals surface area contributed by atoms with Gasteiger partial charge < -0.3 is 10.3 Å². The fourth-order valence-corrected chi connectivity index (χ4v) is 3.81. The number of nitrogens with two attached hydrogens (primary N) is 1. The molecule has 3 rings (SSSR count). The van der Waals surface area contributed by atoms with Gasteiger partial charge in [0.25, 0.3) is 0 Å². The molecule has 0 radical (unpaired) electrons. The van der Waals surface area contributed by atoms with Crippen LogP contribution < -0.4 is 5.73 Å². The lowest BCUT2D eigenvalue weighted by Gasteiger charge is -2.15. The fraction of sp³-hybridized carbons (Fsp3) is 0.333. The van der Waals surface area contributed by atoms with Crippen LogP contribution in [-0.4, -0.2) is 27.3 Å². The van der Waals surface area contributed by atoms with Crippen LogP contribution >= 0.6 is 11.8 Å². The Morgan fingerprint density at radius 3 is 2.74 bits per heavy atom. The number of pyridine rings is 2. The lowest BCUT2D eigenvalue weighted by molar-refractivity contribution is 0.544. The Hall–Kier alpha value is -2.18. The summed E-state index contributed by atoms with van der Waals surface area (Å²) in [7, 11) is 0. The van der Waals surface area contributed by atoms with Crippen LogP contribution in [0.25, 0.3) is 11.0 Å². The van der Waals surface area contributed by atoms with Crippen molar-refractivity contribution in [1.82, 2.24) is 14.5 Å². The molecule has 4 nitrogen and oxygen atoms in total. The standard InChI is InChI=1S/C21H25FN4S/c1-14(2)21-17(11-15-6-7-19(27-3)25-12-15)20-18(5-4-10-24-20)26(21)13-16(22)8-9-23/h4-8,10,12,14H,9,11,13,23H2,1-3H3/b16-8-. The zero-order valence-electron chi connectivity index (χ0n) is 15.9. The highest BCUT2D eigenvalue weighted by Crippen LogP contribution is 2.32. The number of hydrogen-bond acceptors (Lipinski definition) is 4. The maximum Gasteiger partial charge on any atom is 0.117 e. The van der Waals surface area contributed by atoms with Crippen LogP contribution in [0.15, 0.2) is 53.6 Å². The number of nitrogens with zero attached hydrogens (tertiary/aromatic N) is 3. The van der Waals surface area contributed by atoms with Crippen molar-refractivity contribution < 1.29 is 4.39 Å². The molecular formula is C21H25FN4S. The van der Waals surface area contributed by atoms with Gasteiger partial charge in [-0.1, -0.05) is 19.9 Å². The Morgan fingerprint density at radius 2 is 2.11 bits per heavy atom. The Balaban J connectivity index is 2.12. The average molecular weight is 385 g/mol. The number of hydrogen-bond donors (Lipinski definition) is 1. The third-order valence-electron chi connectivity index (χ3n) is 4.55. The molecule has 0 aromatic carbocycles. The minimum absolute atomic E-state index is 0.177. The van der Waals surface area contributed by atoms with E-state index in [2.05, 4.69) is 29.9 Å². The molecule has 0 aliphatic carbocycles. The normalized spacial score (nSPS) is 12.3. The van der Waals surface area contributed by atoms with Crippen molar-refractivity contribution in [2.45, 2.75) is 37.8 Å². The Bertz CT molecular complexity index is 945. The summed E-state index contributed by atoms with van der Waals surface area (Å²) in [5.41, 5.74) is 10.7. The predicted molar refractivity (Wildman–Crippen MR) is 111 cm³/mol. The number of thioether (sulfide) groups is 1. The van der Waals surface area contributed by atoms with Crippen LogP contribution in [-0.2, 0) is 13.0 Å². The molecule has 3 heterocycles. The van der Waals surface area contributed by atoms with Crippen molar-refractivity contribution >= 4 is 22.8 Å². The quantitative estimate of drug-likeness (QED) is 0.601. The van der Waals surface area contributed by atoms with Crippen LogP contribution in [0, 0.1) is 0 Å². The van der Waals surface area contributed by atoms with Crippen molar-refractivity contribution in [3.63, 3.8) is 0 Å². The first-order valence-electron chi connectivity index (χ1n) is 9.04. The van der Waals surface area contributed by atoms with Crippen LogP contribution in [0.4, 0.5) is 4.39 Å². The molecular weight excluding hydrogens is 359 g/mol. The zero-order valence-corrected chi connectivity index (χ0v) is 16.8. The van der Waals surface area contributed by atoms with Gasteiger partial charge in [-0.25, -0.2) is 9.37 Å². The molecule has 0 unspecified atom stereocenters. The molecule has 0 amide bonds. The number of fused-ring (bicyclic) bond motifs is 1. The van der Waals surface area contributed by atoms with Crippen molar-refractivity contribution in [3.05, 3.63) is 65.4 Å². The van der Waals surface area contributed by atoms with Gasteiger partial charge in [0.1, 0.15) is 5.83 Å². The lowest BCUT2D eigenvalue weighted by atomic mass is 9.99. The van der Waals surface area contributed by atoms with Gasteiger partial charge in [-0.15, -0.1) is 11.8 Å². The summed E-state index contributed by atoms with van der Waals surface area (Å²) in [6, 6.07) is 8.03. The molecule has 0 saturated carbocycles. The van der Waals surface area contributed by atoms with Crippen LogP contribution in [0.3, 0.4) is 0 Å². The minimum atomic E-state index is -0.224. The summed E-state index contributed by atoms with van der Waals surface area (Å²) in [5, 5.41) is 0.998. The predicted octanol–water partition coefficient (Wildman–Crippen LogP) is 4.68. The van der Waals surface area contributed by atoms with E-state index in [1.54, 1.807) is 18.0 Å². The van der Waals surface area contributed by atoms with Gasteiger partial charge in [0.05, 0.1) is 22.6 Å². The van der Waals surface area contributed by atoms with Gasteiger partial charge in [-0.3, -0.25) is 4.98 Å². The number of aromatic nitrogens is 3. The zero-order chi connectivity index (χ0) is 19.4. The van der Waals surface area contributed by atoms with Crippen molar-refractivity contribution in [3.8, 4) is 0 Å². The summed E-state index contributed by atoms with van der Waals surface area (Å²) in [5.74, 6) is 0.0102. The van der Waals surface area contributed by atoms with Gasteiger partial charge in [-0.2, -0.15) is 0 Å². The summed E-state index contributed by atoms with van der Waals surface area (Å²) in [6.45, 7) is 4.64. The molecule has 6 heteroatoms. The van der Waals surface area contributed by atoms with Gasteiger partial charge in [0.15, 0.2) is 0 Å². The molecule has 0 aliphatic heterocycles. The van der Waals surface area contributed by atoms with E-state index in [0.29, 0.717) is 0 Å². The van der Waals surface area contributed by atoms with E-state index in [9.17, 15) is 4.39 Å². The number of halogens is 1. The second-order valence-corrected chi connectivity index (χ2v) is 7.57. The van der Waals surface area contributed by atoms with Crippen molar-refractivity contribution in [2.24, 2.45) is 5.73 Å². The van der Waals surface area contributed by atoms with E-state index in [4.69, 9.17) is 5.73 Å². The number of rotatable bonds is 7. The molecule has 0 fully saturated rings. The smallest absolute Gasteiger partial charge is 0.117 e. The van der Waals surface area contributed by atoms with E-state index in [0.717, 1.165) is 39.3 Å². The van der Waals surface area contributed by atoms with Gasteiger partial charge in [0, 0.05) is 36.6 Å². The Labute approximate surface area is 163 Å². The number of allylic oxidation sites excluding steroid dienone is 1. The highest BCUT2D eigenvalue weighted by molar-refractivity contribution is 7.98. The molecule has 0 saturated heterocycles. The first kappa shape index (κ1) is 19.6. The monoisotopic (exact) mass is 384 g/mol. The second kappa shape index (κ2) is 8.67. The van der Waals surface area contributed by atoms with Gasteiger partial charge >= 0.3 is 0 Å². The van der Waals surface area contributed by atoms with E-state index in [1.807, 2.05) is 35.2 Å². The largest absolute Gasteiger partial charge is 0.336 e. The van der Waals surface area contributed by atoms with E-state index in [1.165, 1.54) is 6.08 Å². The minimum Gasteiger partial charge on any atom is -0.336 e. The molecule has 142 valence electrons. The fourth-order valence-electron chi connectivity index (χ4n) is 3.45. The average Bonchev–Trinajstić information content (AvgIpc) is 2.96. The van der Waals surface area contributed by atoms with E-state index < -0.39 is 0 Å². The third kappa shape index (κ3) is 4.22. The molecule has 2 N–H and O–H groups in total. The maximum atomic E-state index is 14.3. The molecule has 0 bridgehead atoms. The van der Waals surface area contributed by atoms with Crippen molar-refractivity contribution in [2.75, 3.05) is 12.8 Å². The molecule has 0 spiro atoms. The van der Waals surface area contributed by atoms with Gasteiger partial charge in [-0.05, 0) is 42.0 Å². The van der Waals surface area contributed by atoms with Crippen molar-refractivity contribution in [1.29, 1.82) is 0 Å². The first-order chi connectivity index (χ1) is 13.0. The van der Waals surface area contributed by atoms with Crippen LogP contribution in [0.2, 0.25) is 0 Å². The topological polar surface area (TPSA) is 56.7 Å². The lowest BCUT2D eigenvalue weighted by Crippen LogP contribution is -2.08. The summed E-state index contributed by atoms with van der Waals surface area (Å²) in [4.78, 5) is 9.10. The summed E-state index contributed by atoms with van der Waals surface area (Å²) >= 11 is 1.62. The molecule has 0 aliphatic rings. The Kier molecular flexibility index (Phi) is 6.29. The second-order valence-electron chi connectivity index (χ2n) is 6.75. The van der Waals surface area contributed by atoms with E-state index >= 15 is 0 Å². The van der Waals surface area contributed by atoms with Gasteiger partial charge in [0.2, 0.25) is 0 Å². The maximum absolute atomic E-state index is 14.3. The third-order valence-corrected chi connectivity index (χ3v) is 5.21. The molecule has 27 heavy (non-hydrogen) atoms. The highest BCUT2D eigenvalue weighted by Gasteiger charge is 2.21. The molecule has 3 aromatic heterocycles. The van der Waals surface area contributed by atoms with E-state index in [-0.39, 0.29) is 24.8 Å². The first-order valence-corrected chi connectivity index (χ1v) is 10.3. The van der Waals surface area contributed by atoms with Crippen LogP contribution in [0.5, 0.6) is 0 Å².